The molecule has 10 heavy (non-hydrogen) atoms. The molecule has 0 bridgehead atoms. The van der Waals surface area contributed by atoms with Crippen LogP contribution in [-0.4, -0.2) is 23.4 Å². The number of ether oxygens (including phenoxy) is 1. The van der Waals surface area contributed by atoms with Gasteiger partial charge in [0, 0.05) is 0 Å². The van der Waals surface area contributed by atoms with E-state index < -0.39 is 11.9 Å². The Morgan fingerprint density at radius 1 is 1.20 bits per heavy atom. The molecule has 0 saturated carbocycles. The van der Waals surface area contributed by atoms with Gasteiger partial charge in [0.25, 0.3) is 0 Å². The monoisotopic (exact) mass is 206 g/mol. The minimum atomic E-state index is -0.641. The van der Waals surface area contributed by atoms with Gasteiger partial charge in [0.1, 0.15) is 0 Å². The maximum absolute atomic E-state index is 10.2. The predicted octanol–water partition coefficient (Wildman–Crippen LogP) is -2.97. The third-order valence-corrected chi connectivity index (χ3v) is 1.00. The average Bonchev–Trinajstić information content (AvgIpc) is 1.87. The van der Waals surface area contributed by atoms with E-state index in [2.05, 4.69) is 30.0 Å². The van der Waals surface area contributed by atoms with Gasteiger partial charge >= 0.3 is 63.3 Å². The molecule has 0 aliphatic rings. The number of carbonyl (C=O) groups excluding carboxylic acids is 2. The first-order valence-electron chi connectivity index (χ1n) is 2.16. The van der Waals surface area contributed by atoms with Crippen LogP contribution in [-0.2, 0) is 14.3 Å². The van der Waals surface area contributed by atoms with Crippen molar-refractivity contribution in [3.8, 4) is 0 Å². The van der Waals surface area contributed by atoms with E-state index in [0.29, 0.717) is 0 Å². The molecule has 0 aliphatic carbocycles. The summed E-state index contributed by atoms with van der Waals surface area (Å²) >= 11 is 7.15. The van der Waals surface area contributed by atoms with Crippen molar-refractivity contribution in [1.82, 2.24) is 0 Å². The fraction of sp³-hybridized carbons (Fsp3) is 0.500. The molecule has 0 aliphatic heterocycles. The predicted molar refractivity (Wildman–Crippen MR) is 39.9 cm³/mol. The molecule has 0 amide bonds. The van der Waals surface area contributed by atoms with Crippen LogP contribution in [0.3, 0.4) is 0 Å². The molecule has 0 spiro atoms. The van der Waals surface area contributed by atoms with Crippen molar-refractivity contribution in [3.05, 3.63) is 0 Å². The van der Waals surface area contributed by atoms with Crippen LogP contribution >= 0.6 is 25.3 Å². The van der Waals surface area contributed by atoms with E-state index in [1.807, 2.05) is 0 Å². The molecule has 0 N–H and O–H groups in total. The molecule has 0 aromatic heterocycles. The SMILES string of the molecule is O=C(CS)OC(=O)CS.[H-].[K+]. The van der Waals surface area contributed by atoms with Gasteiger partial charge in [0.05, 0.1) is 11.5 Å². The van der Waals surface area contributed by atoms with Crippen LogP contribution in [0.4, 0.5) is 0 Å². The van der Waals surface area contributed by atoms with Crippen LogP contribution in [0.5, 0.6) is 0 Å². The molecule has 3 nitrogen and oxygen atoms in total. The second-order valence-electron chi connectivity index (χ2n) is 1.16. The molecule has 0 atom stereocenters. The van der Waals surface area contributed by atoms with Crippen LogP contribution in [0.25, 0.3) is 0 Å². The first kappa shape index (κ1) is 14.0. The van der Waals surface area contributed by atoms with Gasteiger partial charge in [-0.15, -0.1) is 0 Å². The fourth-order valence-electron chi connectivity index (χ4n) is 0.192. The van der Waals surface area contributed by atoms with Crippen molar-refractivity contribution in [2.45, 2.75) is 0 Å². The Hall–Kier alpha value is 1.48. The second-order valence-corrected chi connectivity index (χ2v) is 1.79. The minimum Gasteiger partial charge on any atom is -1.00 e. The van der Waals surface area contributed by atoms with Gasteiger partial charge in [-0.05, 0) is 0 Å². The smallest absolute Gasteiger partial charge is 1.00 e. The van der Waals surface area contributed by atoms with E-state index in [0.717, 1.165) is 0 Å². The first-order chi connectivity index (χ1) is 4.20. The summed E-state index contributed by atoms with van der Waals surface area (Å²) in [5, 5.41) is 0. The maximum Gasteiger partial charge on any atom is 1.00 e. The van der Waals surface area contributed by atoms with Crippen molar-refractivity contribution in [3.63, 3.8) is 0 Å². The van der Waals surface area contributed by atoms with Gasteiger partial charge in [0.15, 0.2) is 0 Å². The summed E-state index contributed by atoms with van der Waals surface area (Å²) < 4.78 is 4.12. The summed E-state index contributed by atoms with van der Waals surface area (Å²) in [6.45, 7) is 0. The van der Waals surface area contributed by atoms with Crippen LogP contribution < -0.4 is 51.4 Å². The number of hydrogen-bond acceptors (Lipinski definition) is 5. The maximum atomic E-state index is 10.2. The largest absolute Gasteiger partial charge is 1.00 e. The molecule has 0 heterocycles. The molecule has 0 saturated heterocycles. The second kappa shape index (κ2) is 8.57. The van der Waals surface area contributed by atoms with Gasteiger partial charge in [0.2, 0.25) is 0 Å². The van der Waals surface area contributed by atoms with E-state index in [1.54, 1.807) is 0 Å². The number of rotatable bonds is 2. The summed E-state index contributed by atoms with van der Waals surface area (Å²) in [4.78, 5) is 20.5. The molecular formula is C4H7KO3S2. The third kappa shape index (κ3) is 7.58. The Kier molecular flexibility index (Phi) is 12.0. The number of hydrogen-bond donors (Lipinski definition) is 2. The van der Waals surface area contributed by atoms with Gasteiger partial charge in [-0.1, -0.05) is 0 Å². The van der Waals surface area contributed by atoms with Gasteiger partial charge in [-0.2, -0.15) is 25.3 Å². The molecule has 0 radical (unpaired) electrons. The molecule has 6 heteroatoms. The van der Waals surface area contributed by atoms with Gasteiger partial charge in [-0.3, -0.25) is 9.59 Å². The van der Waals surface area contributed by atoms with E-state index in [4.69, 9.17) is 0 Å². The van der Waals surface area contributed by atoms with Gasteiger partial charge in [-0.25, -0.2) is 0 Å². The Morgan fingerprint density at radius 3 is 1.70 bits per heavy atom. The zero-order valence-corrected chi connectivity index (χ0v) is 10.4. The van der Waals surface area contributed by atoms with Crippen LogP contribution in [0.2, 0.25) is 0 Å². The Morgan fingerprint density at radius 2 is 1.50 bits per heavy atom. The minimum absolute atomic E-state index is 0. The zero-order valence-electron chi connectivity index (χ0n) is 6.53. The van der Waals surface area contributed by atoms with E-state index >= 15 is 0 Å². The molecule has 0 aromatic rings. The molecule has 0 rings (SSSR count). The molecule has 0 fully saturated rings. The first-order valence-corrected chi connectivity index (χ1v) is 3.42. The van der Waals surface area contributed by atoms with E-state index in [-0.39, 0.29) is 64.3 Å². The van der Waals surface area contributed by atoms with Crippen LogP contribution in [0.15, 0.2) is 0 Å². The summed E-state index contributed by atoms with van der Waals surface area (Å²) in [6, 6.07) is 0. The molecule has 0 unspecified atom stereocenters. The van der Waals surface area contributed by atoms with Gasteiger partial charge < -0.3 is 6.16 Å². The van der Waals surface area contributed by atoms with Crippen LogP contribution in [0.1, 0.15) is 1.43 Å². The summed E-state index contributed by atoms with van der Waals surface area (Å²) in [5.41, 5.74) is 0. The number of thiol groups is 2. The quantitative estimate of drug-likeness (QED) is 0.219. The molecular weight excluding hydrogens is 199 g/mol. The standard InChI is InChI=1S/C4H6O3S2.K.H/c5-3(1-8)7-4(6)2-9;;/h8-9H,1-2H2;;/q;+1;-1. The molecule has 54 valence electrons. The summed E-state index contributed by atoms with van der Waals surface area (Å²) in [5.74, 6) is -1.45. The van der Waals surface area contributed by atoms with Crippen molar-refractivity contribution in [1.29, 1.82) is 0 Å². The van der Waals surface area contributed by atoms with E-state index in [1.165, 1.54) is 0 Å². The Bertz CT molecular complexity index is 119. The molecule has 0 aromatic carbocycles. The van der Waals surface area contributed by atoms with E-state index in [9.17, 15) is 9.59 Å². The number of esters is 2. The Labute approximate surface area is 114 Å². The Balaban J connectivity index is -0.000000320. The normalized spacial score (nSPS) is 7.80. The van der Waals surface area contributed by atoms with Crippen molar-refractivity contribution < 1.29 is 67.1 Å². The fourth-order valence-corrected chi connectivity index (χ4v) is 0.321. The van der Waals surface area contributed by atoms with Crippen molar-refractivity contribution in [2.24, 2.45) is 0 Å². The van der Waals surface area contributed by atoms with Crippen molar-refractivity contribution in [2.75, 3.05) is 11.5 Å². The number of carbonyl (C=O) groups is 2. The summed E-state index contributed by atoms with van der Waals surface area (Å²) in [7, 11) is 0. The topological polar surface area (TPSA) is 43.4 Å². The van der Waals surface area contributed by atoms with Crippen LogP contribution in [0, 0.1) is 0 Å². The van der Waals surface area contributed by atoms with Crippen molar-refractivity contribution >= 4 is 37.2 Å². The summed E-state index contributed by atoms with van der Waals surface area (Å²) in [6.07, 6.45) is 0. The zero-order chi connectivity index (χ0) is 7.28. The third-order valence-electron chi connectivity index (χ3n) is 0.486. The average molecular weight is 206 g/mol.